The summed E-state index contributed by atoms with van der Waals surface area (Å²) in [5.74, 6) is 0.724. The molecular formula is C25H25BrO3. The Labute approximate surface area is 180 Å². The number of benzene rings is 3. The Hall–Kier alpha value is -2.59. The van der Waals surface area contributed by atoms with E-state index in [2.05, 4.69) is 42.8 Å². The van der Waals surface area contributed by atoms with Crippen molar-refractivity contribution in [2.24, 2.45) is 0 Å². The number of esters is 1. The lowest BCUT2D eigenvalue weighted by Gasteiger charge is -2.20. The third-order valence-corrected chi connectivity index (χ3v) is 5.27. The Balaban J connectivity index is 1.62. The normalized spacial score (nSPS) is 11.2. The Morgan fingerprint density at radius 2 is 1.59 bits per heavy atom. The van der Waals surface area contributed by atoms with E-state index in [1.165, 1.54) is 5.56 Å². The van der Waals surface area contributed by atoms with Gasteiger partial charge in [0, 0.05) is 0 Å². The Bertz CT molecular complexity index is 1000. The highest BCUT2D eigenvalue weighted by atomic mass is 79.9. The van der Waals surface area contributed by atoms with Gasteiger partial charge in [0.1, 0.15) is 11.5 Å². The second-order valence-corrected chi connectivity index (χ2v) is 8.86. The van der Waals surface area contributed by atoms with E-state index in [4.69, 9.17) is 9.47 Å². The van der Waals surface area contributed by atoms with E-state index in [1.54, 1.807) is 0 Å². The topological polar surface area (TPSA) is 35.5 Å². The van der Waals surface area contributed by atoms with Crippen LogP contribution in [0.5, 0.6) is 11.5 Å². The fourth-order valence-corrected chi connectivity index (χ4v) is 3.44. The van der Waals surface area contributed by atoms with Crippen molar-refractivity contribution in [2.45, 2.75) is 33.1 Å². The number of hydrogen-bond acceptors (Lipinski definition) is 3. The van der Waals surface area contributed by atoms with Crippen LogP contribution in [0, 0.1) is 6.92 Å². The largest absolute Gasteiger partial charge is 0.481 e. The molecule has 3 nitrogen and oxygen atoms in total. The molecule has 3 rings (SSSR count). The van der Waals surface area contributed by atoms with Gasteiger partial charge in [0.15, 0.2) is 6.61 Å². The first-order chi connectivity index (χ1) is 13.7. The van der Waals surface area contributed by atoms with Crippen LogP contribution in [-0.4, -0.2) is 12.6 Å². The fourth-order valence-electron chi connectivity index (χ4n) is 2.95. The Morgan fingerprint density at radius 3 is 2.21 bits per heavy atom. The second-order valence-electron chi connectivity index (χ2n) is 8.00. The number of carbonyl (C=O) groups excluding carboxylic acids is 1. The first-order valence-electron chi connectivity index (χ1n) is 9.53. The number of carbonyl (C=O) groups is 1. The molecule has 0 spiro atoms. The number of rotatable bonds is 5. The van der Waals surface area contributed by atoms with E-state index in [0.29, 0.717) is 11.5 Å². The van der Waals surface area contributed by atoms with Gasteiger partial charge < -0.3 is 9.47 Å². The fraction of sp³-hybridized carbons (Fsp3) is 0.240. The molecule has 0 saturated heterocycles. The van der Waals surface area contributed by atoms with Crippen LogP contribution in [-0.2, 0) is 10.2 Å². The lowest BCUT2D eigenvalue weighted by Crippen LogP contribution is -2.18. The zero-order valence-electron chi connectivity index (χ0n) is 17.2. The first-order valence-corrected chi connectivity index (χ1v) is 10.3. The van der Waals surface area contributed by atoms with Crippen molar-refractivity contribution in [3.63, 3.8) is 0 Å². The molecule has 0 atom stereocenters. The zero-order chi connectivity index (χ0) is 21.0. The molecule has 4 heteroatoms. The minimum atomic E-state index is -0.435. The van der Waals surface area contributed by atoms with Gasteiger partial charge in [-0.2, -0.15) is 0 Å². The van der Waals surface area contributed by atoms with Gasteiger partial charge in [-0.15, -0.1) is 0 Å². The van der Waals surface area contributed by atoms with Crippen molar-refractivity contribution >= 4 is 21.9 Å². The maximum atomic E-state index is 12.3. The summed E-state index contributed by atoms with van der Waals surface area (Å²) >= 11 is 3.52. The number of halogens is 1. The molecule has 0 aliphatic heterocycles. The summed E-state index contributed by atoms with van der Waals surface area (Å²) in [4.78, 5) is 12.3. The number of aryl methyl sites for hydroxylation is 1. The van der Waals surface area contributed by atoms with Crippen LogP contribution >= 0.6 is 15.9 Å². The van der Waals surface area contributed by atoms with Gasteiger partial charge in [0.2, 0.25) is 0 Å². The van der Waals surface area contributed by atoms with Gasteiger partial charge in [-0.25, -0.2) is 4.79 Å². The maximum absolute atomic E-state index is 12.3. The Kier molecular flexibility index (Phi) is 6.43. The van der Waals surface area contributed by atoms with Crippen LogP contribution in [0.1, 0.15) is 31.9 Å². The average molecular weight is 453 g/mol. The monoisotopic (exact) mass is 452 g/mol. The summed E-state index contributed by atoms with van der Waals surface area (Å²) in [6, 6.07) is 21.8. The van der Waals surface area contributed by atoms with E-state index in [0.717, 1.165) is 21.2 Å². The smallest absolute Gasteiger partial charge is 0.349 e. The molecule has 0 amide bonds. The van der Waals surface area contributed by atoms with Gasteiger partial charge >= 0.3 is 5.97 Å². The molecule has 0 N–H and O–H groups in total. The van der Waals surface area contributed by atoms with Crippen molar-refractivity contribution in [3.05, 3.63) is 82.3 Å². The summed E-state index contributed by atoms with van der Waals surface area (Å²) in [5.41, 5.74) is 4.37. The highest BCUT2D eigenvalue weighted by molar-refractivity contribution is 9.10. The Morgan fingerprint density at radius 1 is 0.897 bits per heavy atom. The molecule has 150 valence electrons. The van der Waals surface area contributed by atoms with Gasteiger partial charge in [0.25, 0.3) is 0 Å². The minimum Gasteiger partial charge on any atom is -0.481 e. The maximum Gasteiger partial charge on any atom is 0.349 e. The van der Waals surface area contributed by atoms with Crippen molar-refractivity contribution in [2.75, 3.05) is 6.61 Å². The first kappa shape index (κ1) is 21.1. The van der Waals surface area contributed by atoms with Gasteiger partial charge in [-0.1, -0.05) is 69.3 Å². The molecule has 0 bridgehead atoms. The van der Waals surface area contributed by atoms with Gasteiger partial charge in [0.05, 0.1) is 4.47 Å². The second kappa shape index (κ2) is 8.83. The summed E-state index contributed by atoms with van der Waals surface area (Å²) in [5, 5.41) is 0. The molecule has 0 radical (unpaired) electrons. The van der Waals surface area contributed by atoms with Crippen LogP contribution in [0.3, 0.4) is 0 Å². The predicted molar refractivity (Wildman–Crippen MR) is 121 cm³/mol. The van der Waals surface area contributed by atoms with Crippen LogP contribution in [0.4, 0.5) is 0 Å². The summed E-state index contributed by atoms with van der Waals surface area (Å²) in [7, 11) is 0. The average Bonchev–Trinajstić information content (AvgIpc) is 2.68. The van der Waals surface area contributed by atoms with E-state index in [-0.39, 0.29) is 12.0 Å². The van der Waals surface area contributed by atoms with E-state index >= 15 is 0 Å². The van der Waals surface area contributed by atoms with Crippen molar-refractivity contribution < 1.29 is 14.3 Å². The van der Waals surface area contributed by atoms with Crippen molar-refractivity contribution in [1.29, 1.82) is 0 Å². The quantitative estimate of drug-likeness (QED) is 0.318. The lowest BCUT2D eigenvalue weighted by molar-refractivity contribution is -0.136. The molecule has 0 saturated carbocycles. The molecule has 3 aromatic rings. The predicted octanol–water partition coefficient (Wildman–Crippen LogP) is 6.71. The van der Waals surface area contributed by atoms with Gasteiger partial charge in [-0.3, -0.25) is 0 Å². The molecule has 0 aliphatic rings. The third-order valence-electron chi connectivity index (χ3n) is 4.65. The molecule has 0 unspecified atom stereocenters. The summed E-state index contributed by atoms with van der Waals surface area (Å²) < 4.78 is 11.9. The van der Waals surface area contributed by atoms with Crippen LogP contribution < -0.4 is 9.47 Å². The standard InChI is InChI=1S/C25H25BrO3/c1-17-14-20(25(2,3)4)11-13-22(17)29-24(27)16-28-23-12-10-19(15-21(23)26)18-8-6-5-7-9-18/h5-15H,16H2,1-4H3. The molecule has 0 aromatic heterocycles. The molecule has 0 fully saturated rings. The molecular weight excluding hydrogens is 428 g/mol. The lowest BCUT2D eigenvalue weighted by atomic mass is 9.86. The van der Waals surface area contributed by atoms with Gasteiger partial charge in [-0.05, 0) is 68.7 Å². The van der Waals surface area contributed by atoms with Crippen LogP contribution in [0.25, 0.3) is 11.1 Å². The molecule has 0 heterocycles. The SMILES string of the molecule is Cc1cc(C(C)(C)C)ccc1OC(=O)COc1ccc(-c2ccccc2)cc1Br. The van der Waals surface area contributed by atoms with Crippen LogP contribution in [0.15, 0.2) is 71.2 Å². The zero-order valence-corrected chi connectivity index (χ0v) is 18.7. The summed E-state index contributed by atoms with van der Waals surface area (Å²) in [6.07, 6.45) is 0. The number of ether oxygens (including phenoxy) is 2. The molecule has 0 aliphatic carbocycles. The summed E-state index contributed by atoms with van der Waals surface area (Å²) in [6.45, 7) is 8.24. The number of hydrogen-bond donors (Lipinski definition) is 0. The van der Waals surface area contributed by atoms with Crippen molar-refractivity contribution in [3.8, 4) is 22.6 Å². The highest BCUT2D eigenvalue weighted by Crippen LogP contribution is 2.31. The highest BCUT2D eigenvalue weighted by Gasteiger charge is 2.16. The van der Waals surface area contributed by atoms with Crippen molar-refractivity contribution in [1.82, 2.24) is 0 Å². The third kappa shape index (κ3) is 5.48. The van der Waals surface area contributed by atoms with E-state index in [9.17, 15) is 4.79 Å². The van der Waals surface area contributed by atoms with Crippen LogP contribution in [0.2, 0.25) is 0 Å². The van der Waals surface area contributed by atoms with E-state index in [1.807, 2.05) is 67.6 Å². The van der Waals surface area contributed by atoms with E-state index < -0.39 is 5.97 Å². The minimum absolute atomic E-state index is 0.0502. The molecule has 3 aromatic carbocycles. The molecule has 29 heavy (non-hydrogen) atoms.